The van der Waals surface area contributed by atoms with Gasteiger partial charge in [0.05, 0.1) is 12.9 Å². The maximum Gasteiger partial charge on any atom is 0.161 e. The molecule has 1 unspecified atom stereocenters. The van der Waals surface area contributed by atoms with Gasteiger partial charge in [0.2, 0.25) is 0 Å². The summed E-state index contributed by atoms with van der Waals surface area (Å²) in [6.45, 7) is 3.20. The molecule has 0 spiro atoms. The van der Waals surface area contributed by atoms with Crippen molar-refractivity contribution < 1.29 is 14.3 Å². The molecule has 3 rings (SSSR count). The fraction of sp³-hybridized carbons (Fsp3) is 0.412. The number of ether oxygens (including phenoxy) is 1. The molecule has 1 heterocycles. The van der Waals surface area contributed by atoms with Gasteiger partial charge in [-0.3, -0.25) is 0 Å². The molecule has 0 aliphatic heterocycles. The molecule has 1 atom stereocenters. The lowest BCUT2D eigenvalue weighted by Crippen LogP contribution is -2.24. The summed E-state index contributed by atoms with van der Waals surface area (Å²) < 4.78 is 10.9. The number of nitrogens with one attached hydrogen (secondary N) is 1. The Morgan fingerprint density at radius 3 is 3.14 bits per heavy atom. The standard InChI is InChI=1S/C17H21NO3/c1-2-20-17-10-12(6-7-15(17)19)11-18-14-4-3-5-16-13(14)8-9-21-16/h6-10,14,18-19H,2-5,11H2,1H3. The van der Waals surface area contributed by atoms with E-state index < -0.39 is 0 Å². The van der Waals surface area contributed by atoms with Crippen LogP contribution < -0.4 is 10.1 Å². The molecule has 112 valence electrons. The zero-order valence-corrected chi connectivity index (χ0v) is 12.3. The maximum absolute atomic E-state index is 9.73. The molecule has 1 aliphatic carbocycles. The summed E-state index contributed by atoms with van der Waals surface area (Å²) >= 11 is 0. The van der Waals surface area contributed by atoms with Gasteiger partial charge < -0.3 is 19.6 Å². The second kappa shape index (κ2) is 6.22. The van der Waals surface area contributed by atoms with E-state index in [1.54, 1.807) is 12.3 Å². The number of benzene rings is 1. The highest BCUT2D eigenvalue weighted by atomic mass is 16.5. The van der Waals surface area contributed by atoms with Crippen LogP contribution in [0.4, 0.5) is 0 Å². The second-order valence-corrected chi connectivity index (χ2v) is 5.36. The van der Waals surface area contributed by atoms with E-state index in [1.807, 2.05) is 19.1 Å². The lowest BCUT2D eigenvalue weighted by atomic mass is 9.93. The van der Waals surface area contributed by atoms with Crippen LogP contribution in [0.5, 0.6) is 11.5 Å². The molecule has 4 heteroatoms. The first kappa shape index (κ1) is 14.0. The summed E-state index contributed by atoms with van der Waals surface area (Å²) in [4.78, 5) is 0. The van der Waals surface area contributed by atoms with Crippen LogP contribution in [0.3, 0.4) is 0 Å². The number of phenols is 1. The summed E-state index contributed by atoms with van der Waals surface area (Å²) in [6, 6.07) is 7.91. The number of furan rings is 1. The average molecular weight is 287 g/mol. The SMILES string of the molecule is CCOc1cc(CNC2CCCc3occc32)ccc1O. The number of rotatable bonds is 5. The van der Waals surface area contributed by atoms with E-state index in [-0.39, 0.29) is 5.75 Å². The Labute approximate surface area is 124 Å². The summed E-state index contributed by atoms with van der Waals surface area (Å²) in [7, 11) is 0. The Bertz CT molecular complexity index is 606. The molecule has 0 fully saturated rings. The molecule has 1 aromatic heterocycles. The molecule has 0 radical (unpaired) electrons. The molecule has 0 saturated heterocycles. The van der Waals surface area contributed by atoms with Crippen LogP contribution in [0.15, 0.2) is 34.9 Å². The molecule has 2 N–H and O–H groups in total. The van der Waals surface area contributed by atoms with Gasteiger partial charge in [-0.25, -0.2) is 0 Å². The Morgan fingerprint density at radius 2 is 2.29 bits per heavy atom. The van der Waals surface area contributed by atoms with Gasteiger partial charge in [-0.2, -0.15) is 0 Å². The van der Waals surface area contributed by atoms with Crippen LogP contribution in [-0.2, 0) is 13.0 Å². The monoisotopic (exact) mass is 287 g/mol. The van der Waals surface area contributed by atoms with Crippen molar-refractivity contribution in [1.82, 2.24) is 5.32 Å². The molecule has 1 aliphatic rings. The van der Waals surface area contributed by atoms with E-state index >= 15 is 0 Å². The lowest BCUT2D eigenvalue weighted by molar-refractivity contribution is 0.317. The molecule has 0 bridgehead atoms. The van der Waals surface area contributed by atoms with Gasteiger partial charge in [-0.1, -0.05) is 6.07 Å². The lowest BCUT2D eigenvalue weighted by Gasteiger charge is -2.23. The third kappa shape index (κ3) is 3.05. The van der Waals surface area contributed by atoms with Crippen molar-refractivity contribution in [3.63, 3.8) is 0 Å². The highest BCUT2D eigenvalue weighted by molar-refractivity contribution is 5.41. The summed E-state index contributed by atoms with van der Waals surface area (Å²) in [5.74, 6) is 1.85. The average Bonchev–Trinajstić information content (AvgIpc) is 2.97. The normalized spacial score (nSPS) is 17.5. The van der Waals surface area contributed by atoms with E-state index in [4.69, 9.17) is 9.15 Å². The molecule has 21 heavy (non-hydrogen) atoms. The number of phenolic OH excluding ortho intramolecular Hbond substituents is 1. The first-order valence-corrected chi connectivity index (χ1v) is 7.52. The topological polar surface area (TPSA) is 54.6 Å². The van der Waals surface area contributed by atoms with Gasteiger partial charge in [0.15, 0.2) is 11.5 Å². The van der Waals surface area contributed by atoms with Crippen LogP contribution in [0.25, 0.3) is 0 Å². The molecule has 0 saturated carbocycles. The van der Waals surface area contributed by atoms with Gasteiger partial charge in [-0.15, -0.1) is 0 Å². The summed E-state index contributed by atoms with van der Waals surface area (Å²) in [5, 5.41) is 13.3. The molecular weight excluding hydrogens is 266 g/mol. The van der Waals surface area contributed by atoms with Crippen molar-refractivity contribution in [2.45, 2.75) is 38.8 Å². The van der Waals surface area contributed by atoms with E-state index in [9.17, 15) is 5.11 Å². The van der Waals surface area contributed by atoms with Crippen molar-refractivity contribution in [1.29, 1.82) is 0 Å². The van der Waals surface area contributed by atoms with Crippen molar-refractivity contribution in [3.8, 4) is 11.5 Å². The number of aryl methyl sites for hydroxylation is 1. The number of hydrogen-bond acceptors (Lipinski definition) is 4. The highest BCUT2D eigenvalue weighted by Gasteiger charge is 2.22. The summed E-state index contributed by atoms with van der Waals surface area (Å²) in [5.41, 5.74) is 2.39. The Hall–Kier alpha value is -1.94. The largest absolute Gasteiger partial charge is 0.504 e. The number of fused-ring (bicyclic) bond motifs is 1. The highest BCUT2D eigenvalue weighted by Crippen LogP contribution is 2.31. The Morgan fingerprint density at radius 1 is 1.38 bits per heavy atom. The van der Waals surface area contributed by atoms with Gasteiger partial charge in [0.25, 0.3) is 0 Å². The number of aromatic hydroxyl groups is 1. The van der Waals surface area contributed by atoms with Crippen molar-refractivity contribution in [2.24, 2.45) is 0 Å². The zero-order valence-electron chi connectivity index (χ0n) is 12.3. The van der Waals surface area contributed by atoms with E-state index in [2.05, 4.69) is 11.4 Å². The van der Waals surface area contributed by atoms with Gasteiger partial charge >= 0.3 is 0 Å². The van der Waals surface area contributed by atoms with Crippen molar-refractivity contribution in [2.75, 3.05) is 6.61 Å². The Balaban J connectivity index is 1.67. The van der Waals surface area contributed by atoms with Crippen LogP contribution in [0, 0.1) is 0 Å². The molecule has 4 nitrogen and oxygen atoms in total. The summed E-state index contributed by atoms with van der Waals surface area (Å²) in [6.07, 6.45) is 5.09. The quantitative estimate of drug-likeness (QED) is 0.883. The van der Waals surface area contributed by atoms with Gasteiger partial charge in [0, 0.05) is 24.6 Å². The third-order valence-electron chi connectivity index (χ3n) is 3.93. The maximum atomic E-state index is 9.73. The second-order valence-electron chi connectivity index (χ2n) is 5.36. The minimum Gasteiger partial charge on any atom is -0.504 e. The van der Waals surface area contributed by atoms with Gasteiger partial charge in [0.1, 0.15) is 5.76 Å². The van der Waals surface area contributed by atoms with Gasteiger partial charge in [-0.05, 0) is 43.5 Å². The van der Waals surface area contributed by atoms with Crippen LogP contribution in [0.2, 0.25) is 0 Å². The predicted molar refractivity (Wildman–Crippen MR) is 80.5 cm³/mol. The fourth-order valence-electron chi connectivity index (χ4n) is 2.88. The van der Waals surface area contributed by atoms with Crippen LogP contribution >= 0.6 is 0 Å². The van der Waals surface area contributed by atoms with Crippen LogP contribution in [-0.4, -0.2) is 11.7 Å². The predicted octanol–water partition coefficient (Wildman–Crippen LogP) is 3.55. The third-order valence-corrected chi connectivity index (χ3v) is 3.93. The van der Waals surface area contributed by atoms with Crippen molar-refractivity contribution >= 4 is 0 Å². The smallest absolute Gasteiger partial charge is 0.161 e. The minimum absolute atomic E-state index is 0.190. The fourth-order valence-corrected chi connectivity index (χ4v) is 2.88. The first-order valence-electron chi connectivity index (χ1n) is 7.52. The van der Waals surface area contributed by atoms with E-state index in [0.717, 1.165) is 37.1 Å². The first-order chi connectivity index (χ1) is 10.3. The van der Waals surface area contributed by atoms with E-state index in [0.29, 0.717) is 18.4 Å². The van der Waals surface area contributed by atoms with Crippen molar-refractivity contribution in [3.05, 3.63) is 47.4 Å². The molecule has 1 aromatic carbocycles. The Kier molecular flexibility index (Phi) is 4.15. The molecule has 2 aromatic rings. The molecular formula is C17H21NO3. The minimum atomic E-state index is 0.190. The number of hydrogen-bond donors (Lipinski definition) is 2. The van der Waals surface area contributed by atoms with Crippen LogP contribution in [0.1, 0.15) is 42.7 Å². The molecule has 0 amide bonds. The van der Waals surface area contributed by atoms with E-state index in [1.165, 1.54) is 5.56 Å². The zero-order chi connectivity index (χ0) is 14.7.